The fraction of sp³-hybridized carbons (Fsp3) is 0.429. The summed E-state index contributed by atoms with van der Waals surface area (Å²) in [4.78, 5) is 53.9. The highest BCUT2D eigenvalue weighted by atomic mass is 31.3. The van der Waals surface area contributed by atoms with Crippen LogP contribution >= 0.6 is 23.5 Å². The molecule has 2 aromatic rings. The van der Waals surface area contributed by atoms with Crippen LogP contribution in [0.25, 0.3) is 11.0 Å². The minimum absolute atomic E-state index is 0.429. The minimum Gasteiger partial charge on any atom is -0.387 e. The Labute approximate surface area is 203 Å². The third-order valence-corrected chi connectivity index (χ3v) is 8.45. The lowest BCUT2D eigenvalue weighted by Gasteiger charge is -2.28. The first-order chi connectivity index (χ1) is 16.9. The second-order valence-electron chi connectivity index (χ2n) is 7.26. The molecule has 23 heteroatoms. The first kappa shape index (κ1) is 29.5. The molecular formula is C14H18F2N5O13P3. The number of nitrogens with one attached hydrogen (secondary N) is 1. The van der Waals surface area contributed by atoms with Crippen LogP contribution in [0.15, 0.2) is 11.0 Å². The van der Waals surface area contributed by atoms with Gasteiger partial charge in [-0.3, -0.25) is 18.9 Å². The Balaban J connectivity index is 1.93. The smallest absolute Gasteiger partial charge is 0.387 e. The number of ether oxygens (including phenoxy) is 1. The van der Waals surface area contributed by atoms with Gasteiger partial charge < -0.3 is 40.9 Å². The van der Waals surface area contributed by atoms with Crippen molar-refractivity contribution in [1.29, 1.82) is 0 Å². The van der Waals surface area contributed by atoms with Crippen molar-refractivity contribution in [3.8, 4) is 11.8 Å². The van der Waals surface area contributed by atoms with E-state index in [1.165, 1.54) is 0 Å². The van der Waals surface area contributed by atoms with Crippen LogP contribution in [0.3, 0.4) is 0 Å². The molecule has 10 N–H and O–H groups in total. The van der Waals surface area contributed by atoms with Crippen molar-refractivity contribution < 1.29 is 65.0 Å². The number of hydrogen-bond acceptors (Lipinski definition) is 12. The molecule has 1 fully saturated rings. The number of rotatable bonds is 8. The highest BCUT2D eigenvalue weighted by Crippen LogP contribution is 2.66. The van der Waals surface area contributed by atoms with Crippen LogP contribution < -0.4 is 17.0 Å². The van der Waals surface area contributed by atoms with Crippen molar-refractivity contribution in [3.05, 3.63) is 22.4 Å². The monoisotopic (exact) mass is 595 g/mol. The highest BCUT2D eigenvalue weighted by molar-refractivity contribution is 7.66. The number of halogens is 2. The van der Waals surface area contributed by atoms with Crippen molar-refractivity contribution in [3.63, 3.8) is 0 Å². The van der Waals surface area contributed by atoms with Gasteiger partial charge in [-0.2, -0.15) is 13.6 Å². The van der Waals surface area contributed by atoms with E-state index in [-0.39, 0.29) is 0 Å². The molecule has 206 valence electrons. The summed E-state index contributed by atoms with van der Waals surface area (Å²) in [6, 6.07) is 0. The molecule has 0 radical (unpaired) electrons. The number of hydrogen-bond donors (Lipinski definition) is 8. The van der Waals surface area contributed by atoms with Gasteiger partial charge in [0.05, 0.1) is 6.61 Å². The first-order valence-corrected chi connectivity index (χ1v) is 13.9. The van der Waals surface area contributed by atoms with E-state index in [2.05, 4.69) is 29.0 Å². The quantitative estimate of drug-likeness (QED) is 0.130. The van der Waals surface area contributed by atoms with Crippen LogP contribution in [0.5, 0.6) is 0 Å². The maximum atomic E-state index is 14.5. The molecule has 0 aromatic carbocycles. The van der Waals surface area contributed by atoms with Gasteiger partial charge in [0.1, 0.15) is 24.3 Å². The third-order valence-electron chi connectivity index (χ3n) is 4.65. The Morgan fingerprint density at radius 3 is 2.49 bits per heavy atom. The molecule has 1 saturated heterocycles. The Kier molecular flexibility index (Phi) is 8.16. The van der Waals surface area contributed by atoms with Gasteiger partial charge in [0.15, 0.2) is 23.2 Å². The summed E-state index contributed by atoms with van der Waals surface area (Å²) in [6.45, 7) is -2.42. The summed E-state index contributed by atoms with van der Waals surface area (Å²) >= 11 is 0. The van der Waals surface area contributed by atoms with Gasteiger partial charge >= 0.3 is 23.5 Å². The number of nitrogen functional groups attached to an aromatic ring is 1. The lowest BCUT2D eigenvalue weighted by molar-refractivity contribution is -0.0437. The molecule has 6 atom stereocenters. The molecule has 0 aliphatic carbocycles. The van der Waals surface area contributed by atoms with E-state index in [9.17, 15) is 42.2 Å². The average molecular weight is 595 g/mol. The normalized spacial score (nSPS) is 27.4. The zero-order valence-electron chi connectivity index (χ0n) is 17.9. The predicted molar refractivity (Wildman–Crippen MR) is 115 cm³/mol. The number of alkyl halides is 1. The van der Waals surface area contributed by atoms with Crippen molar-refractivity contribution in [2.75, 3.05) is 19.0 Å². The predicted octanol–water partition coefficient (Wildman–Crippen LogP) is -1.28. The van der Waals surface area contributed by atoms with Crippen LogP contribution in [0.2, 0.25) is 0 Å². The van der Waals surface area contributed by atoms with Gasteiger partial charge in [0, 0.05) is 6.20 Å². The molecule has 0 amide bonds. The van der Waals surface area contributed by atoms with Crippen molar-refractivity contribution >= 4 is 40.4 Å². The molecule has 0 saturated carbocycles. The van der Waals surface area contributed by atoms with E-state index < -0.39 is 89.1 Å². The molecule has 18 nitrogen and oxygen atoms in total. The van der Waals surface area contributed by atoms with Gasteiger partial charge in [-0.15, -0.1) is 0 Å². The molecule has 3 unspecified atom stereocenters. The second kappa shape index (κ2) is 10.2. The molecule has 3 heterocycles. The van der Waals surface area contributed by atoms with Crippen LogP contribution in [0, 0.1) is 17.7 Å². The largest absolute Gasteiger partial charge is 0.490 e. The summed E-state index contributed by atoms with van der Waals surface area (Å²) in [7, 11) is -17.1. The molecule has 1 aliphatic heterocycles. The summed E-state index contributed by atoms with van der Waals surface area (Å²) in [5, 5.41) is 10.1. The Morgan fingerprint density at radius 1 is 1.24 bits per heavy atom. The molecule has 3 rings (SSSR count). The minimum atomic E-state index is -5.84. The van der Waals surface area contributed by atoms with E-state index in [1.54, 1.807) is 0 Å². The summed E-state index contributed by atoms with van der Waals surface area (Å²) in [6.07, 6.45) is -4.82. The van der Waals surface area contributed by atoms with E-state index in [0.29, 0.717) is 6.20 Å². The maximum absolute atomic E-state index is 14.5. The van der Waals surface area contributed by atoms with E-state index >= 15 is 0 Å². The lowest BCUT2D eigenvalue weighted by atomic mass is 9.91. The van der Waals surface area contributed by atoms with Gasteiger partial charge in [0.25, 0.3) is 5.56 Å². The number of H-pyrrole nitrogens is 1. The molecule has 0 bridgehead atoms. The Morgan fingerprint density at radius 2 is 1.89 bits per heavy atom. The fourth-order valence-corrected chi connectivity index (χ4v) is 6.36. The topological polar surface area (TPSA) is 292 Å². The van der Waals surface area contributed by atoms with Crippen LogP contribution in [-0.4, -0.2) is 70.2 Å². The summed E-state index contributed by atoms with van der Waals surface area (Å²) in [5.41, 5.74) is 7.91. The van der Waals surface area contributed by atoms with Crippen molar-refractivity contribution in [1.82, 2.24) is 14.5 Å². The lowest BCUT2D eigenvalue weighted by Crippen LogP contribution is -2.53. The van der Waals surface area contributed by atoms with Gasteiger partial charge in [0.2, 0.25) is 5.95 Å². The number of aliphatic hydroxyl groups is 1. The second-order valence-corrected chi connectivity index (χ2v) is 11.7. The van der Waals surface area contributed by atoms with Crippen LogP contribution in [-0.2, 0) is 31.6 Å². The highest BCUT2D eigenvalue weighted by Gasteiger charge is 2.55. The van der Waals surface area contributed by atoms with Gasteiger partial charge in [-0.05, 0) is 0 Å². The number of anilines is 1. The molecule has 37 heavy (non-hydrogen) atoms. The van der Waals surface area contributed by atoms with Crippen LogP contribution in [0.4, 0.5) is 14.7 Å². The van der Waals surface area contributed by atoms with Gasteiger partial charge in [-0.25, -0.2) is 22.5 Å². The standard InChI is InChI=1S/C14H18F2N5O13P3/c15-3-1-2-14(18)9(22)7(5-31-36(27,28)34-37(29,30)33-35(24,25)26)32-12(14)21-4-6(16)8-10(21)19-13(17)20-11(8)23/h4,7,9,12,22H,3,5,18H2,(H,27,28)(H,29,30)(H2,24,25,26)(H3,17,19,20,23)/t7-,9+,12-,14?/m1/s1. The van der Waals surface area contributed by atoms with Crippen molar-refractivity contribution in [2.45, 2.75) is 24.0 Å². The summed E-state index contributed by atoms with van der Waals surface area (Å²) < 4.78 is 79.3. The third kappa shape index (κ3) is 6.50. The number of aliphatic hydroxyl groups excluding tert-OH is 1. The number of nitrogens with two attached hydrogens (primary N) is 2. The number of fused-ring (bicyclic) bond motifs is 1. The molecule has 2 aromatic heterocycles. The average Bonchev–Trinajstić information content (AvgIpc) is 3.16. The number of aromatic amines is 1. The number of nitrogens with zero attached hydrogens (tertiary/aromatic N) is 2. The van der Waals surface area contributed by atoms with E-state index in [4.69, 9.17) is 26.0 Å². The number of aromatic nitrogens is 3. The first-order valence-electron chi connectivity index (χ1n) is 9.41. The van der Waals surface area contributed by atoms with Gasteiger partial charge in [-0.1, -0.05) is 11.8 Å². The van der Waals surface area contributed by atoms with E-state index in [0.717, 1.165) is 4.57 Å². The molecular weight excluding hydrogens is 577 g/mol. The zero-order chi connectivity index (χ0) is 28.0. The van der Waals surface area contributed by atoms with E-state index in [1.807, 2.05) is 5.92 Å². The maximum Gasteiger partial charge on any atom is 0.490 e. The zero-order valence-corrected chi connectivity index (χ0v) is 20.6. The molecule has 1 aliphatic rings. The number of phosphoric acid groups is 3. The fourth-order valence-electron chi connectivity index (χ4n) is 3.33. The number of phosphoric ester groups is 1. The molecule has 0 spiro atoms. The van der Waals surface area contributed by atoms with Crippen molar-refractivity contribution in [2.24, 2.45) is 5.73 Å². The van der Waals surface area contributed by atoms with Crippen LogP contribution in [0.1, 0.15) is 6.23 Å². The SMILES string of the molecule is Nc1nc2c(c(F)cn2[C@@H]2O[C@H](COP(=O)(O)OP(=O)(O)OP(=O)(O)O)[C@H](O)C2(N)C#CCF)c(=O)[nH]1. The summed E-state index contributed by atoms with van der Waals surface area (Å²) in [5.74, 6) is 2.56. The Hall–Kier alpha value is -2.07. The Bertz CT molecular complexity index is 1470.